The van der Waals surface area contributed by atoms with Gasteiger partial charge in [-0.1, -0.05) is 13.3 Å². The van der Waals surface area contributed by atoms with Crippen molar-refractivity contribution in [1.82, 2.24) is 0 Å². The van der Waals surface area contributed by atoms with Crippen molar-refractivity contribution < 1.29 is 170 Å². The van der Waals surface area contributed by atoms with E-state index in [1.54, 1.807) is 6.92 Å². The second kappa shape index (κ2) is 29.9. The molecule has 0 bridgehead atoms. The number of aliphatic hydroxyl groups is 5. The van der Waals surface area contributed by atoms with Gasteiger partial charge in [-0.25, -0.2) is 27.4 Å². The maximum Gasteiger partial charge on any atom is 0.474 e. The second-order valence-electron chi connectivity index (χ2n) is 19.0. The first kappa shape index (κ1) is 71.7. The summed E-state index contributed by atoms with van der Waals surface area (Å²) in [6.45, 7) is -2.65. The molecule has 11 N–H and O–H groups in total. The van der Waals surface area contributed by atoms with E-state index < -0.39 is 221 Å². The van der Waals surface area contributed by atoms with Crippen LogP contribution in [0.3, 0.4) is 0 Å². The summed E-state index contributed by atoms with van der Waals surface area (Å²) in [5.74, 6) is 0. The van der Waals surface area contributed by atoms with Gasteiger partial charge < -0.3 is 88.1 Å². The molecule has 5 saturated heterocycles. The molecule has 36 nitrogen and oxygen atoms in total. The minimum absolute atomic E-state index is 0.295. The fourth-order valence-corrected chi connectivity index (χ4v) is 13.7. The summed E-state index contributed by atoms with van der Waals surface area (Å²) in [6.07, 6.45) is -19.0. The van der Waals surface area contributed by atoms with E-state index in [1.807, 2.05) is 6.11 Å². The lowest BCUT2D eigenvalue weighted by Crippen LogP contribution is -2.38. The normalized spacial score (nSPS) is 40.0. The molecule has 5 rings (SSSR count). The van der Waals surface area contributed by atoms with Crippen LogP contribution in [0.25, 0.3) is 0 Å². The maximum absolute atomic E-state index is 13.4. The summed E-state index contributed by atoms with van der Waals surface area (Å²) in [5.41, 5.74) is 0. The van der Waals surface area contributed by atoms with Crippen LogP contribution in [0.5, 0.6) is 0 Å². The molecule has 81 heavy (non-hydrogen) atoms. The molecular formula is C34H67B5O36P6. The number of hydrogen-bond donors (Lipinski definition) is 11. The van der Waals surface area contributed by atoms with Crippen molar-refractivity contribution in [2.75, 3.05) is 46.8 Å². The molecule has 0 saturated carbocycles. The van der Waals surface area contributed by atoms with Gasteiger partial charge in [0.1, 0.15) is 131 Å². The molecule has 12 unspecified atom stereocenters. The Balaban J connectivity index is 1.17. The Hall–Kier alpha value is -0.0953. The molecule has 0 aliphatic carbocycles. The highest BCUT2D eigenvalue weighted by molar-refractivity contribution is 7.48. The minimum Gasteiger partial charge on any atom is -0.438 e. The van der Waals surface area contributed by atoms with Gasteiger partial charge in [-0.2, -0.15) is 0 Å². The van der Waals surface area contributed by atoms with E-state index in [2.05, 4.69) is 4.52 Å². The molecule has 47 heteroatoms. The van der Waals surface area contributed by atoms with E-state index in [-0.39, 0.29) is 0 Å². The van der Waals surface area contributed by atoms with Gasteiger partial charge in [-0.15, -0.1) is 0 Å². The Morgan fingerprint density at radius 3 is 1.28 bits per heavy atom. The maximum atomic E-state index is 13.4. The van der Waals surface area contributed by atoms with Crippen molar-refractivity contribution in [3.05, 3.63) is 0 Å². The molecule has 5 heterocycles. The summed E-state index contributed by atoms with van der Waals surface area (Å²) in [4.78, 5) is 63.3. The van der Waals surface area contributed by atoms with Crippen molar-refractivity contribution in [2.24, 2.45) is 0 Å². The lowest BCUT2D eigenvalue weighted by atomic mass is 9.93. The highest BCUT2D eigenvalue weighted by atomic mass is 31.2. The van der Waals surface area contributed by atoms with Crippen molar-refractivity contribution in [2.45, 2.75) is 154 Å². The zero-order valence-electron chi connectivity index (χ0n) is 44.5. The average molecular weight is 1290 g/mol. The Kier molecular flexibility index (Phi) is 26.5. The Morgan fingerprint density at radius 2 is 0.901 bits per heavy atom. The summed E-state index contributed by atoms with van der Waals surface area (Å²) in [7, 11) is -23.7. The first-order valence-electron chi connectivity index (χ1n) is 24.7. The molecule has 0 amide bonds. The fraction of sp³-hybridized carbons (Fsp3) is 0.941. The third-order valence-electron chi connectivity index (χ3n) is 12.9. The number of aliphatic hydroxyl groups excluding tert-OH is 5. The Labute approximate surface area is 468 Å². The van der Waals surface area contributed by atoms with Crippen molar-refractivity contribution in [3.63, 3.8) is 0 Å². The van der Waals surface area contributed by atoms with Crippen LogP contribution in [-0.2, 0) is 115 Å². The molecule has 5 aliphatic rings. The number of hydrogen-bond acceptors (Lipinski definition) is 30. The van der Waals surface area contributed by atoms with E-state index in [0.29, 0.717) is 6.42 Å². The molecule has 0 spiro atoms. The molecule has 0 aromatic heterocycles. The van der Waals surface area contributed by atoms with E-state index in [0.717, 1.165) is 7.11 Å². The zero-order chi connectivity index (χ0) is 60.8. The van der Waals surface area contributed by atoms with Gasteiger partial charge in [0.25, 0.3) is 0 Å². The van der Waals surface area contributed by atoms with Crippen molar-refractivity contribution >= 4 is 86.2 Å². The topological polar surface area (TPSA) is 500 Å². The Morgan fingerprint density at radius 1 is 0.556 bits per heavy atom. The number of phosphoric acid groups is 6. The average Bonchev–Trinajstić information content (AvgIpc) is 4.12. The van der Waals surface area contributed by atoms with E-state index in [4.69, 9.17) is 89.3 Å². The quantitative estimate of drug-likeness (QED) is 0.0126. The standard InChI is InChI=1S/C34H67B5O36P6/c1-5-14-26(21(41)31(36)65-14)73-80(53,54)63-11-19-29(24(44)34(39)68-19)75-81(55,56)64-12-20(69-30(35)13(3)40)70-77(47,48)61-9-18-28(23(43)33(38)67-18)74-79(51,52)60-8-16-25(15(7-59-16)58-6-2)71-78(49,50)62-10-17-27(22(42)32(37)66-17)72-76(45,46)57-4/h2,13-34,40-44H,5,7-12,35-39H2,1,3-4H3,(H,45,46)(H,47,48)(H,49,50)(H,51,52)(H,53,54)(H,55,56)/t13-,14+,15+,16+,17+,18+,19+,20?,21-,22-,23-,24-,25?,26?,27?,28?,29?,30+,31+,32+,33+,34+/m0/s1. The number of rotatable bonds is 33. The van der Waals surface area contributed by atoms with Crippen LogP contribution < -0.4 is 0 Å². The molecule has 28 atom stereocenters. The van der Waals surface area contributed by atoms with Crippen LogP contribution in [0.2, 0.25) is 0 Å². The van der Waals surface area contributed by atoms with Gasteiger partial charge in [0.05, 0.1) is 75.3 Å². The summed E-state index contributed by atoms with van der Waals surface area (Å²) >= 11 is 0. The van der Waals surface area contributed by atoms with Gasteiger partial charge in [-0.05, 0) is 13.3 Å². The van der Waals surface area contributed by atoms with Crippen LogP contribution in [-0.4, -0.2) is 275 Å². The van der Waals surface area contributed by atoms with Gasteiger partial charge >= 0.3 is 46.9 Å². The molecule has 0 aromatic carbocycles. The number of phosphoric ester groups is 6. The Bertz CT molecular complexity index is 2390. The second-order valence-corrected chi connectivity index (χ2v) is 27.5. The number of ether oxygens (including phenoxy) is 7. The molecule has 5 aliphatic heterocycles. The van der Waals surface area contributed by atoms with Crippen molar-refractivity contribution in [1.29, 1.82) is 0 Å². The van der Waals surface area contributed by atoms with Gasteiger partial charge in [0.2, 0.25) is 0 Å². The largest absolute Gasteiger partial charge is 0.474 e. The third kappa shape index (κ3) is 20.7. The van der Waals surface area contributed by atoms with Crippen LogP contribution in [0, 0.1) is 12.5 Å². The predicted octanol–water partition coefficient (Wildman–Crippen LogP) is -7.40. The van der Waals surface area contributed by atoms with E-state index >= 15 is 0 Å². The van der Waals surface area contributed by atoms with Gasteiger partial charge in [0.15, 0.2) is 12.4 Å². The van der Waals surface area contributed by atoms with E-state index in [9.17, 15) is 82.3 Å². The lowest BCUT2D eigenvalue weighted by Gasteiger charge is -2.28. The van der Waals surface area contributed by atoms with Gasteiger partial charge in [-0.3, -0.25) is 54.3 Å². The SMILES string of the molecule is B[C@H](OC(COP(=O)(O)OC1[C@@H](COP(=O)(O)OC2[C@@H](CC)O[C@@H](B)[C@H]2O)O[C@@H](B)[C@H]1O)OP(=O)(O)OC[C@H]1O[C@@H](B)[C@@H](O)C1OP(=O)(O)OC[C@H]1OC[C@@H](OC#C)C1OP(=O)(O)OC[C@H]1O[C@@H](B)[C@@H](O)C1OP(=O)(O)OC)[C@H](C)O. The molecule has 0 radical (unpaired) electrons. The third-order valence-corrected chi connectivity index (χ3v) is 18.8. The van der Waals surface area contributed by atoms with E-state index in [1.165, 1.54) is 46.2 Å². The fourth-order valence-electron chi connectivity index (χ4n) is 8.44. The first-order chi connectivity index (χ1) is 37.4. The summed E-state index contributed by atoms with van der Waals surface area (Å²) in [6, 6.07) is -5.36. The van der Waals surface area contributed by atoms with Crippen LogP contribution in [0.15, 0.2) is 0 Å². The van der Waals surface area contributed by atoms with Gasteiger partial charge in [0, 0.05) is 7.11 Å². The highest BCUT2D eigenvalue weighted by Gasteiger charge is 2.53. The highest BCUT2D eigenvalue weighted by Crippen LogP contribution is 2.54. The molecule has 5 fully saturated rings. The predicted molar refractivity (Wildman–Crippen MR) is 277 cm³/mol. The van der Waals surface area contributed by atoms with Crippen LogP contribution in [0.1, 0.15) is 20.3 Å². The monoisotopic (exact) mass is 1290 g/mol. The summed E-state index contributed by atoms with van der Waals surface area (Å²) in [5, 5.41) is 52.6. The first-order valence-corrected chi connectivity index (χ1v) is 33.7. The minimum atomic E-state index is -5.49. The van der Waals surface area contributed by atoms with Crippen molar-refractivity contribution in [3.8, 4) is 12.5 Å². The van der Waals surface area contributed by atoms with Crippen LogP contribution in [0.4, 0.5) is 0 Å². The number of terminal acetylenes is 1. The molecular weight excluding hydrogens is 1220 g/mol. The smallest absolute Gasteiger partial charge is 0.438 e. The summed E-state index contributed by atoms with van der Waals surface area (Å²) < 4.78 is 177. The molecule has 0 aromatic rings. The van der Waals surface area contributed by atoms with Crippen LogP contribution >= 0.6 is 46.9 Å². The lowest BCUT2D eigenvalue weighted by molar-refractivity contribution is -0.150. The zero-order valence-corrected chi connectivity index (χ0v) is 49.9. The molecule has 464 valence electrons.